The van der Waals surface area contributed by atoms with Gasteiger partial charge in [0.1, 0.15) is 5.82 Å². The van der Waals surface area contributed by atoms with Crippen molar-refractivity contribution in [3.8, 4) is 0 Å². The minimum Gasteiger partial charge on any atom is -0.350 e. The number of anilines is 2. The van der Waals surface area contributed by atoms with Crippen LogP contribution >= 0.6 is 23.2 Å². The maximum atomic E-state index is 14.6. The van der Waals surface area contributed by atoms with Crippen LogP contribution < -0.4 is 9.80 Å². The summed E-state index contributed by atoms with van der Waals surface area (Å²) in [6.07, 6.45) is 2.98. The molecule has 1 spiro atoms. The van der Waals surface area contributed by atoms with Gasteiger partial charge in [0, 0.05) is 31.9 Å². The Morgan fingerprint density at radius 1 is 1.00 bits per heavy atom. The number of rotatable bonds is 4. The largest absolute Gasteiger partial charge is 0.350 e. The average molecular weight is 564 g/mol. The van der Waals surface area contributed by atoms with Gasteiger partial charge < -0.3 is 9.80 Å². The van der Waals surface area contributed by atoms with Crippen molar-refractivity contribution in [2.45, 2.75) is 30.2 Å². The van der Waals surface area contributed by atoms with Gasteiger partial charge in [0.15, 0.2) is 17.5 Å². The summed E-state index contributed by atoms with van der Waals surface area (Å²) in [5, 5.41) is 5.17. The van der Waals surface area contributed by atoms with Gasteiger partial charge in [-0.3, -0.25) is 0 Å². The maximum absolute atomic E-state index is 14.6. The van der Waals surface area contributed by atoms with Gasteiger partial charge in [0.25, 0.3) is 10.0 Å². The van der Waals surface area contributed by atoms with Crippen LogP contribution in [0.4, 0.5) is 20.4 Å². The third kappa shape index (κ3) is 4.02. The molecule has 7 nitrogen and oxygen atoms in total. The summed E-state index contributed by atoms with van der Waals surface area (Å²) >= 11 is 12.4. The normalized spacial score (nSPS) is 17.1. The highest BCUT2D eigenvalue weighted by atomic mass is 35.5. The number of aromatic nitrogens is 3. The molecule has 192 valence electrons. The van der Waals surface area contributed by atoms with Crippen molar-refractivity contribution in [2.24, 2.45) is 0 Å². The zero-order valence-corrected chi connectivity index (χ0v) is 22.0. The lowest BCUT2D eigenvalue weighted by Gasteiger charge is -2.43. The summed E-state index contributed by atoms with van der Waals surface area (Å²) in [7, 11) is -4.14. The second-order valence-electron chi connectivity index (χ2n) is 9.52. The molecule has 0 amide bonds. The van der Waals surface area contributed by atoms with E-state index in [4.69, 9.17) is 23.2 Å². The summed E-state index contributed by atoms with van der Waals surface area (Å²) < 4.78 is 57.1. The van der Waals surface area contributed by atoms with Gasteiger partial charge in [-0.1, -0.05) is 40.9 Å². The Kier molecular flexibility index (Phi) is 5.63. The number of pyridine rings is 1. The van der Waals surface area contributed by atoms with E-state index in [9.17, 15) is 17.2 Å². The molecule has 6 rings (SSSR count). The standard InChI is InChI=1S/C25H21Cl2F2N5O2S/c1-15-2-4-18(5-3-15)37(35,36)34-21-12-17(28)11-19(27)22(21)24(31-34)33-9-8-32(14-25(33)6-7-25)23-20(29)10-16(26)13-30-23/h2-5,10-13H,6-9,14H2,1H3. The number of hydrogen-bond acceptors (Lipinski definition) is 6. The van der Waals surface area contributed by atoms with Crippen molar-refractivity contribution in [3.05, 3.63) is 75.9 Å². The topological polar surface area (TPSA) is 71.3 Å². The average Bonchev–Trinajstić information content (AvgIpc) is 3.48. The first kappa shape index (κ1) is 24.4. The number of piperazine rings is 1. The first-order valence-corrected chi connectivity index (χ1v) is 13.8. The zero-order chi connectivity index (χ0) is 26.1. The van der Waals surface area contributed by atoms with Crippen molar-refractivity contribution in [1.29, 1.82) is 0 Å². The fourth-order valence-electron chi connectivity index (χ4n) is 5.01. The Hall–Kier alpha value is -2.95. The summed E-state index contributed by atoms with van der Waals surface area (Å²) in [4.78, 5) is 8.09. The highest BCUT2D eigenvalue weighted by Crippen LogP contribution is 2.49. The van der Waals surface area contributed by atoms with E-state index in [0.717, 1.165) is 34.6 Å². The molecule has 0 radical (unpaired) electrons. The molecule has 2 aromatic heterocycles. The van der Waals surface area contributed by atoms with E-state index in [-0.39, 0.29) is 26.3 Å². The molecule has 0 atom stereocenters. The van der Waals surface area contributed by atoms with Crippen LogP contribution in [-0.4, -0.2) is 47.8 Å². The molecule has 2 aromatic carbocycles. The molecule has 4 aromatic rings. The molecule has 2 fully saturated rings. The van der Waals surface area contributed by atoms with Gasteiger partial charge in [-0.15, -0.1) is 5.10 Å². The highest BCUT2D eigenvalue weighted by molar-refractivity contribution is 7.90. The molecular weight excluding hydrogens is 543 g/mol. The lowest BCUT2D eigenvalue weighted by Crippen LogP contribution is -2.56. The summed E-state index contributed by atoms with van der Waals surface area (Å²) in [5.41, 5.74) is 0.548. The number of aryl methyl sites for hydroxylation is 1. The van der Waals surface area contributed by atoms with E-state index < -0.39 is 27.2 Å². The van der Waals surface area contributed by atoms with E-state index in [1.807, 2.05) is 16.7 Å². The molecule has 1 aliphatic carbocycles. The third-order valence-corrected chi connectivity index (χ3v) is 9.12. The van der Waals surface area contributed by atoms with Gasteiger partial charge in [0.05, 0.1) is 31.4 Å². The number of halogens is 4. The second kappa shape index (κ2) is 8.54. The van der Waals surface area contributed by atoms with E-state index >= 15 is 0 Å². The van der Waals surface area contributed by atoms with E-state index in [2.05, 4.69) is 10.1 Å². The Balaban J connectivity index is 1.45. The fourth-order valence-corrected chi connectivity index (χ4v) is 6.70. The smallest absolute Gasteiger partial charge is 0.283 e. The molecule has 0 N–H and O–H groups in total. The van der Waals surface area contributed by atoms with Crippen LogP contribution in [0.1, 0.15) is 18.4 Å². The molecule has 1 aliphatic heterocycles. The van der Waals surface area contributed by atoms with Crippen molar-refractivity contribution < 1.29 is 17.2 Å². The molecular formula is C25H21Cl2F2N5O2S. The van der Waals surface area contributed by atoms with Crippen molar-refractivity contribution in [2.75, 3.05) is 29.4 Å². The van der Waals surface area contributed by atoms with Crippen LogP contribution in [0.3, 0.4) is 0 Å². The molecule has 1 saturated carbocycles. The summed E-state index contributed by atoms with van der Waals surface area (Å²) in [6, 6.07) is 9.88. The highest BCUT2D eigenvalue weighted by Gasteiger charge is 2.53. The minimum absolute atomic E-state index is 0.0321. The monoisotopic (exact) mass is 563 g/mol. The Morgan fingerprint density at radius 3 is 2.41 bits per heavy atom. The van der Waals surface area contributed by atoms with Crippen LogP contribution in [-0.2, 0) is 10.0 Å². The molecule has 2 aliphatic rings. The van der Waals surface area contributed by atoms with E-state index in [1.54, 1.807) is 12.1 Å². The van der Waals surface area contributed by atoms with Crippen LogP contribution in [0, 0.1) is 18.6 Å². The minimum atomic E-state index is -4.14. The van der Waals surface area contributed by atoms with Gasteiger partial charge in [-0.2, -0.15) is 12.5 Å². The predicted molar refractivity (Wildman–Crippen MR) is 139 cm³/mol. The molecule has 3 heterocycles. The quantitative estimate of drug-likeness (QED) is 0.330. The Morgan fingerprint density at radius 2 is 1.73 bits per heavy atom. The SMILES string of the molecule is Cc1ccc(S(=O)(=O)n2nc(N3CCN(c4ncc(Cl)cc4F)CC34CC4)c3c(Cl)cc(F)cc32)cc1. The Bertz CT molecular complexity index is 1660. The number of benzene rings is 2. The van der Waals surface area contributed by atoms with Crippen LogP contribution in [0.15, 0.2) is 53.6 Å². The van der Waals surface area contributed by atoms with Crippen molar-refractivity contribution in [3.63, 3.8) is 0 Å². The van der Waals surface area contributed by atoms with Gasteiger partial charge in [0.2, 0.25) is 0 Å². The van der Waals surface area contributed by atoms with E-state index in [1.165, 1.54) is 24.4 Å². The van der Waals surface area contributed by atoms with Crippen molar-refractivity contribution >= 4 is 55.8 Å². The number of nitrogens with zero attached hydrogens (tertiary/aromatic N) is 5. The predicted octanol–water partition coefficient (Wildman–Crippen LogP) is 5.42. The third-order valence-electron chi connectivity index (χ3n) is 7.02. The van der Waals surface area contributed by atoms with Gasteiger partial charge in [-0.25, -0.2) is 13.8 Å². The first-order chi connectivity index (χ1) is 17.6. The van der Waals surface area contributed by atoms with Gasteiger partial charge >= 0.3 is 0 Å². The van der Waals surface area contributed by atoms with Crippen LogP contribution in [0.5, 0.6) is 0 Å². The molecule has 0 unspecified atom stereocenters. The number of fused-ring (bicyclic) bond motifs is 1. The number of hydrogen-bond donors (Lipinski definition) is 0. The maximum Gasteiger partial charge on any atom is 0.283 e. The molecule has 0 bridgehead atoms. The lowest BCUT2D eigenvalue weighted by atomic mass is 10.1. The lowest BCUT2D eigenvalue weighted by molar-refractivity contribution is 0.492. The summed E-state index contributed by atoms with van der Waals surface area (Å²) in [6.45, 7) is 3.13. The van der Waals surface area contributed by atoms with E-state index in [0.29, 0.717) is 30.8 Å². The van der Waals surface area contributed by atoms with Crippen molar-refractivity contribution in [1.82, 2.24) is 14.2 Å². The molecule has 1 saturated heterocycles. The summed E-state index contributed by atoms with van der Waals surface area (Å²) in [5.74, 6) is -0.598. The second-order valence-corrected chi connectivity index (χ2v) is 12.1. The Labute approximate surface area is 222 Å². The van der Waals surface area contributed by atoms with Crippen LogP contribution in [0.2, 0.25) is 10.0 Å². The molecule has 12 heteroatoms. The zero-order valence-electron chi connectivity index (χ0n) is 19.6. The van der Waals surface area contributed by atoms with Crippen LogP contribution in [0.25, 0.3) is 10.9 Å². The van der Waals surface area contributed by atoms with Gasteiger partial charge in [-0.05, 0) is 44.0 Å². The molecule has 37 heavy (non-hydrogen) atoms. The fraction of sp³-hybridized carbons (Fsp3) is 0.280. The first-order valence-electron chi connectivity index (χ1n) is 11.6.